The molecule has 1 fully saturated rings. The Kier molecular flexibility index (Phi) is 5.43. The molecule has 0 aliphatic carbocycles. The van der Waals surface area contributed by atoms with Crippen molar-refractivity contribution in [3.63, 3.8) is 0 Å². The van der Waals surface area contributed by atoms with Crippen LogP contribution in [0.5, 0.6) is 0 Å². The Hall–Kier alpha value is -1.98. The van der Waals surface area contributed by atoms with Crippen LogP contribution in [0.25, 0.3) is 0 Å². The minimum absolute atomic E-state index is 0.150. The van der Waals surface area contributed by atoms with Gasteiger partial charge in [-0.1, -0.05) is 46.3 Å². The highest BCUT2D eigenvalue weighted by molar-refractivity contribution is 9.10. The number of anilines is 1. The van der Waals surface area contributed by atoms with Crippen LogP contribution >= 0.6 is 15.9 Å². The van der Waals surface area contributed by atoms with Gasteiger partial charge in [0.15, 0.2) is 0 Å². The highest BCUT2D eigenvalue weighted by Gasteiger charge is 2.38. The third-order valence-electron chi connectivity index (χ3n) is 4.11. The molecule has 0 bridgehead atoms. The number of benzene rings is 2. The van der Waals surface area contributed by atoms with E-state index in [1.54, 1.807) is 12.1 Å². The minimum atomic E-state index is -0.420. The van der Waals surface area contributed by atoms with E-state index in [0.717, 1.165) is 17.3 Å². The molecule has 0 radical (unpaired) electrons. The molecule has 1 heterocycles. The number of rotatable bonds is 6. The van der Waals surface area contributed by atoms with Gasteiger partial charge in [-0.2, -0.15) is 0 Å². The number of imide groups is 1. The number of aryl methyl sites for hydroxylation is 1. The Morgan fingerprint density at radius 1 is 1.04 bits per heavy atom. The van der Waals surface area contributed by atoms with Gasteiger partial charge in [0.25, 0.3) is 5.91 Å². The highest BCUT2D eigenvalue weighted by atomic mass is 79.9. The zero-order valence-corrected chi connectivity index (χ0v) is 14.8. The first-order valence-corrected chi connectivity index (χ1v) is 8.84. The van der Waals surface area contributed by atoms with Crippen LogP contribution in [-0.2, 0) is 16.0 Å². The van der Waals surface area contributed by atoms with Crippen LogP contribution in [0.2, 0.25) is 0 Å². The average Bonchev–Trinajstić information content (AvgIpc) is 2.88. The minimum Gasteiger partial charge on any atom is -0.305 e. The standard InChI is InChI=1S/C19H19BrN2O2/c20-15-8-10-16(11-9-15)22-18(23)13-17(19(22)24)21-12-4-7-14-5-2-1-3-6-14/h1-3,5-6,8-11,17,21H,4,7,12-13H2/t17-/m0/s1. The Balaban J connectivity index is 1.53. The largest absolute Gasteiger partial charge is 0.305 e. The van der Waals surface area contributed by atoms with E-state index in [0.29, 0.717) is 12.2 Å². The molecule has 1 saturated heterocycles. The van der Waals surface area contributed by atoms with Gasteiger partial charge in [-0.15, -0.1) is 0 Å². The number of amides is 2. The van der Waals surface area contributed by atoms with Crippen molar-refractivity contribution in [2.24, 2.45) is 0 Å². The number of hydrogen-bond acceptors (Lipinski definition) is 3. The second-order valence-electron chi connectivity index (χ2n) is 5.84. The summed E-state index contributed by atoms with van der Waals surface area (Å²) in [5, 5.41) is 3.22. The summed E-state index contributed by atoms with van der Waals surface area (Å²) in [6, 6.07) is 17.0. The predicted octanol–water partition coefficient (Wildman–Crippen LogP) is 3.30. The molecule has 124 valence electrons. The van der Waals surface area contributed by atoms with Gasteiger partial charge in [0.05, 0.1) is 18.2 Å². The van der Waals surface area contributed by atoms with Crippen LogP contribution in [0.4, 0.5) is 5.69 Å². The summed E-state index contributed by atoms with van der Waals surface area (Å²) in [6.45, 7) is 0.715. The summed E-state index contributed by atoms with van der Waals surface area (Å²) in [5.74, 6) is -0.315. The van der Waals surface area contributed by atoms with E-state index in [1.165, 1.54) is 10.5 Å². The lowest BCUT2D eigenvalue weighted by Crippen LogP contribution is -2.39. The van der Waals surface area contributed by atoms with E-state index < -0.39 is 6.04 Å². The number of nitrogens with one attached hydrogen (secondary N) is 1. The molecule has 2 aromatic carbocycles. The lowest BCUT2D eigenvalue weighted by atomic mass is 10.1. The molecule has 5 heteroatoms. The predicted molar refractivity (Wildman–Crippen MR) is 97.8 cm³/mol. The molecule has 4 nitrogen and oxygen atoms in total. The van der Waals surface area contributed by atoms with Gasteiger partial charge in [0, 0.05) is 4.47 Å². The van der Waals surface area contributed by atoms with Gasteiger partial charge < -0.3 is 5.32 Å². The molecule has 3 rings (SSSR count). The Morgan fingerprint density at radius 2 is 1.75 bits per heavy atom. The maximum absolute atomic E-state index is 12.5. The van der Waals surface area contributed by atoms with Crippen molar-refractivity contribution in [1.82, 2.24) is 5.32 Å². The summed E-state index contributed by atoms with van der Waals surface area (Å²) >= 11 is 3.36. The molecule has 2 aromatic rings. The fourth-order valence-electron chi connectivity index (χ4n) is 2.87. The van der Waals surface area contributed by atoms with Crippen LogP contribution in [0.3, 0.4) is 0 Å². The van der Waals surface area contributed by atoms with E-state index in [1.807, 2.05) is 30.3 Å². The second kappa shape index (κ2) is 7.73. The summed E-state index contributed by atoms with van der Waals surface area (Å²) in [7, 11) is 0. The Morgan fingerprint density at radius 3 is 2.46 bits per heavy atom. The van der Waals surface area contributed by atoms with Crippen molar-refractivity contribution in [2.75, 3.05) is 11.4 Å². The van der Waals surface area contributed by atoms with Crippen molar-refractivity contribution in [3.05, 3.63) is 64.6 Å². The molecule has 0 unspecified atom stereocenters. The smallest absolute Gasteiger partial charge is 0.251 e. The first-order chi connectivity index (χ1) is 11.6. The van der Waals surface area contributed by atoms with Crippen molar-refractivity contribution in [2.45, 2.75) is 25.3 Å². The lowest BCUT2D eigenvalue weighted by Gasteiger charge is -2.15. The molecule has 1 aliphatic heterocycles. The summed E-state index contributed by atoms with van der Waals surface area (Å²) in [6.07, 6.45) is 2.11. The summed E-state index contributed by atoms with van der Waals surface area (Å²) in [4.78, 5) is 26.0. The van der Waals surface area contributed by atoms with E-state index in [4.69, 9.17) is 0 Å². The summed E-state index contributed by atoms with van der Waals surface area (Å²) < 4.78 is 0.918. The third-order valence-corrected chi connectivity index (χ3v) is 4.64. The molecule has 24 heavy (non-hydrogen) atoms. The topological polar surface area (TPSA) is 49.4 Å². The summed E-state index contributed by atoms with van der Waals surface area (Å²) in [5.41, 5.74) is 1.91. The molecular weight excluding hydrogens is 368 g/mol. The molecule has 1 N–H and O–H groups in total. The first kappa shape index (κ1) is 16.9. The maximum Gasteiger partial charge on any atom is 0.251 e. The number of carbonyl (C=O) groups excluding carboxylic acids is 2. The fraction of sp³-hybridized carbons (Fsp3) is 0.263. The zero-order chi connectivity index (χ0) is 16.9. The van der Waals surface area contributed by atoms with E-state index in [9.17, 15) is 9.59 Å². The highest BCUT2D eigenvalue weighted by Crippen LogP contribution is 2.24. The molecular formula is C19H19BrN2O2. The first-order valence-electron chi connectivity index (χ1n) is 8.05. The SMILES string of the molecule is O=C1C[C@H](NCCCc2ccccc2)C(=O)N1c1ccc(Br)cc1. The van der Waals surface area contributed by atoms with Gasteiger partial charge in [-0.05, 0) is 49.2 Å². The normalized spacial score (nSPS) is 17.5. The van der Waals surface area contributed by atoms with Gasteiger partial charge in [0.1, 0.15) is 0 Å². The lowest BCUT2D eigenvalue weighted by molar-refractivity contribution is -0.121. The maximum atomic E-state index is 12.5. The van der Waals surface area contributed by atoms with Crippen molar-refractivity contribution in [3.8, 4) is 0 Å². The zero-order valence-electron chi connectivity index (χ0n) is 13.2. The molecule has 2 amide bonds. The van der Waals surface area contributed by atoms with Crippen LogP contribution in [0, 0.1) is 0 Å². The van der Waals surface area contributed by atoms with Gasteiger partial charge in [0.2, 0.25) is 5.91 Å². The van der Waals surface area contributed by atoms with Crippen molar-refractivity contribution in [1.29, 1.82) is 0 Å². The van der Waals surface area contributed by atoms with E-state index >= 15 is 0 Å². The van der Waals surface area contributed by atoms with Crippen LogP contribution < -0.4 is 10.2 Å². The van der Waals surface area contributed by atoms with Crippen LogP contribution in [0.1, 0.15) is 18.4 Å². The Bertz CT molecular complexity index is 716. The van der Waals surface area contributed by atoms with Crippen LogP contribution in [0.15, 0.2) is 59.1 Å². The monoisotopic (exact) mass is 386 g/mol. The average molecular weight is 387 g/mol. The molecule has 0 spiro atoms. The van der Waals surface area contributed by atoms with Gasteiger partial charge in [-0.25, -0.2) is 4.90 Å². The fourth-order valence-corrected chi connectivity index (χ4v) is 3.13. The van der Waals surface area contributed by atoms with Crippen molar-refractivity contribution < 1.29 is 9.59 Å². The second-order valence-corrected chi connectivity index (χ2v) is 6.76. The van der Waals surface area contributed by atoms with Gasteiger partial charge in [-0.3, -0.25) is 9.59 Å². The number of hydrogen-bond donors (Lipinski definition) is 1. The number of halogens is 1. The van der Waals surface area contributed by atoms with E-state index in [2.05, 4.69) is 33.4 Å². The number of nitrogens with zero attached hydrogens (tertiary/aromatic N) is 1. The molecule has 1 aliphatic rings. The molecule has 0 saturated carbocycles. The van der Waals surface area contributed by atoms with Crippen LogP contribution in [-0.4, -0.2) is 24.4 Å². The third kappa shape index (κ3) is 3.91. The number of carbonyl (C=O) groups is 2. The molecule has 1 atom stereocenters. The van der Waals surface area contributed by atoms with Crippen molar-refractivity contribution >= 4 is 33.4 Å². The quantitative estimate of drug-likeness (QED) is 0.611. The van der Waals surface area contributed by atoms with E-state index in [-0.39, 0.29) is 18.2 Å². The Labute approximate surface area is 150 Å². The molecule has 0 aromatic heterocycles. The van der Waals surface area contributed by atoms with Gasteiger partial charge >= 0.3 is 0 Å².